The number of hydrogen-bond acceptors (Lipinski definition) is 2. The summed E-state index contributed by atoms with van der Waals surface area (Å²) >= 11 is 0. The number of nitrogens with zero attached hydrogens (tertiary/aromatic N) is 1. The molecule has 0 saturated carbocycles. The number of aromatic amines is 1. The molecule has 3 rings (SSSR count). The molecular weight excluding hydrogens is 240 g/mol. The molecule has 1 atom stereocenters. The van der Waals surface area contributed by atoms with Crippen molar-refractivity contribution in [3.8, 4) is 0 Å². The average molecular weight is 256 g/mol. The molecule has 2 heterocycles. The van der Waals surface area contributed by atoms with E-state index in [-0.39, 0.29) is 18.4 Å². The third kappa shape index (κ3) is 1.85. The van der Waals surface area contributed by atoms with Crippen molar-refractivity contribution >= 4 is 11.6 Å². The molecule has 0 aliphatic carbocycles. The zero-order valence-corrected chi connectivity index (χ0v) is 10.8. The zero-order chi connectivity index (χ0) is 13.4. The van der Waals surface area contributed by atoms with Crippen molar-refractivity contribution in [3.05, 3.63) is 53.3 Å². The van der Waals surface area contributed by atoms with Gasteiger partial charge in [0.25, 0.3) is 5.91 Å². The molecule has 0 bridgehead atoms. The molecule has 0 radical (unpaired) electrons. The van der Waals surface area contributed by atoms with Crippen LogP contribution < -0.4 is 4.90 Å². The van der Waals surface area contributed by atoms with E-state index in [1.54, 1.807) is 11.1 Å². The Kier molecular flexibility index (Phi) is 2.87. The number of nitrogens with one attached hydrogen (secondary N) is 1. The molecule has 0 fully saturated rings. The number of aliphatic hydroxyl groups excluding tert-OH is 1. The van der Waals surface area contributed by atoms with E-state index in [1.165, 1.54) is 0 Å². The van der Waals surface area contributed by atoms with Crippen LogP contribution in [0.4, 0.5) is 5.69 Å². The number of H-pyrrole nitrogens is 1. The number of aromatic nitrogens is 1. The van der Waals surface area contributed by atoms with Crippen molar-refractivity contribution in [1.29, 1.82) is 0 Å². The Bertz CT molecular complexity index is 618. The number of aryl methyl sites for hydroxylation is 1. The van der Waals surface area contributed by atoms with Gasteiger partial charge in [0, 0.05) is 30.5 Å². The molecule has 98 valence electrons. The van der Waals surface area contributed by atoms with E-state index in [2.05, 4.69) is 4.98 Å². The van der Waals surface area contributed by atoms with Gasteiger partial charge >= 0.3 is 0 Å². The fraction of sp³-hybridized carbons (Fsp3) is 0.267. The van der Waals surface area contributed by atoms with Crippen molar-refractivity contribution in [3.63, 3.8) is 0 Å². The van der Waals surface area contributed by atoms with Gasteiger partial charge in [-0.2, -0.15) is 0 Å². The van der Waals surface area contributed by atoms with E-state index < -0.39 is 0 Å². The Morgan fingerprint density at radius 3 is 2.89 bits per heavy atom. The summed E-state index contributed by atoms with van der Waals surface area (Å²) in [6.45, 7) is 2.52. The van der Waals surface area contributed by atoms with Crippen LogP contribution in [0.2, 0.25) is 0 Å². The van der Waals surface area contributed by atoms with Crippen molar-refractivity contribution in [2.45, 2.75) is 12.8 Å². The summed E-state index contributed by atoms with van der Waals surface area (Å²) in [5, 5.41) is 9.45. The van der Waals surface area contributed by atoms with E-state index in [0.29, 0.717) is 12.1 Å². The number of fused-ring (bicyclic) bond motifs is 1. The predicted molar refractivity (Wildman–Crippen MR) is 73.5 cm³/mol. The molecule has 1 aliphatic heterocycles. The monoisotopic (exact) mass is 256 g/mol. The zero-order valence-electron chi connectivity index (χ0n) is 10.8. The first-order chi connectivity index (χ1) is 9.22. The Labute approximate surface area is 111 Å². The van der Waals surface area contributed by atoms with Gasteiger partial charge in [0.15, 0.2) is 0 Å². The number of hydrogen-bond donors (Lipinski definition) is 2. The summed E-state index contributed by atoms with van der Waals surface area (Å²) in [6.07, 6.45) is 3.55. The third-order valence-corrected chi connectivity index (χ3v) is 3.72. The summed E-state index contributed by atoms with van der Waals surface area (Å²) in [7, 11) is 0. The molecule has 1 amide bonds. The van der Waals surface area contributed by atoms with E-state index in [1.807, 2.05) is 37.4 Å². The molecular formula is C15H16N2O2. The normalized spacial score (nSPS) is 17.6. The summed E-state index contributed by atoms with van der Waals surface area (Å²) in [5.41, 5.74) is 3.59. The average Bonchev–Trinajstić information content (AvgIpc) is 3.01. The van der Waals surface area contributed by atoms with Crippen LogP contribution in [0, 0.1) is 6.92 Å². The molecule has 4 heteroatoms. The van der Waals surface area contributed by atoms with Gasteiger partial charge in [-0.3, -0.25) is 4.79 Å². The van der Waals surface area contributed by atoms with Crippen LogP contribution in [0.25, 0.3) is 0 Å². The Morgan fingerprint density at radius 2 is 2.21 bits per heavy atom. The third-order valence-electron chi connectivity index (χ3n) is 3.72. The Morgan fingerprint density at radius 1 is 1.42 bits per heavy atom. The Hall–Kier alpha value is -2.07. The second-order valence-electron chi connectivity index (χ2n) is 4.91. The highest BCUT2D eigenvalue weighted by Crippen LogP contribution is 2.36. The number of rotatable bonds is 2. The number of carbonyl (C=O) groups is 1. The maximum Gasteiger partial charge on any atom is 0.260 e. The second-order valence-corrected chi connectivity index (χ2v) is 4.91. The fourth-order valence-electron chi connectivity index (χ4n) is 2.66. The van der Waals surface area contributed by atoms with Gasteiger partial charge in [-0.15, -0.1) is 0 Å². The molecule has 0 spiro atoms. The Balaban J connectivity index is 2.00. The summed E-state index contributed by atoms with van der Waals surface area (Å²) < 4.78 is 0. The van der Waals surface area contributed by atoms with Gasteiger partial charge in [-0.1, -0.05) is 18.2 Å². The summed E-state index contributed by atoms with van der Waals surface area (Å²) in [5.74, 6) is 0.00143. The number of anilines is 1. The standard InChI is InChI=1S/C15H16N2O2/c1-10-6-16-7-13(10)15(19)17-8-11(9-18)12-4-2-3-5-14(12)17/h2-7,11,16,18H,8-9H2,1H3. The van der Waals surface area contributed by atoms with Crippen LogP contribution >= 0.6 is 0 Å². The highest BCUT2D eigenvalue weighted by molar-refractivity contribution is 6.08. The lowest BCUT2D eigenvalue weighted by atomic mass is 10.0. The maximum atomic E-state index is 12.6. The van der Waals surface area contributed by atoms with Gasteiger partial charge in [-0.05, 0) is 24.1 Å². The van der Waals surface area contributed by atoms with Crippen LogP contribution in [0.15, 0.2) is 36.7 Å². The van der Waals surface area contributed by atoms with E-state index in [9.17, 15) is 9.90 Å². The lowest BCUT2D eigenvalue weighted by Crippen LogP contribution is -2.30. The molecule has 1 aromatic carbocycles. The molecule has 1 aromatic heterocycles. The van der Waals surface area contributed by atoms with Gasteiger partial charge in [0.1, 0.15) is 0 Å². The summed E-state index contributed by atoms with van der Waals surface area (Å²) in [6, 6.07) is 7.78. The van der Waals surface area contributed by atoms with Gasteiger partial charge in [-0.25, -0.2) is 0 Å². The SMILES string of the molecule is Cc1c[nH]cc1C(=O)N1CC(CO)c2ccccc21. The van der Waals surface area contributed by atoms with Crippen molar-refractivity contribution in [1.82, 2.24) is 4.98 Å². The lowest BCUT2D eigenvalue weighted by Gasteiger charge is -2.17. The first kappa shape index (κ1) is 12.0. The summed E-state index contributed by atoms with van der Waals surface area (Å²) in [4.78, 5) is 17.3. The predicted octanol–water partition coefficient (Wildman–Crippen LogP) is 2.06. The minimum Gasteiger partial charge on any atom is -0.396 e. The van der Waals surface area contributed by atoms with Crippen molar-refractivity contribution < 1.29 is 9.90 Å². The topological polar surface area (TPSA) is 56.3 Å². The molecule has 0 saturated heterocycles. The number of amides is 1. The van der Waals surface area contributed by atoms with E-state index in [0.717, 1.165) is 16.8 Å². The smallest absolute Gasteiger partial charge is 0.260 e. The molecule has 1 aliphatic rings. The molecule has 19 heavy (non-hydrogen) atoms. The maximum absolute atomic E-state index is 12.6. The fourth-order valence-corrected chi connectivity index (χ4v) is 2.66. The first-order valence-electron chi connectivity index (χ1n) is 6.37. The molecule has 1 unspecified atom stereocenters. The largest absolute Gasteiger partial charge is 0.396 e. The minimum absolute atomic E-state index is 0.0119. The van der Waals surface area contributed by atoms with Crippen LogP contribution in [0.1, 0.15) is 27.4 Å². The van der Waals surface area contributed by atoms with Crippen molar-refractivity contribution in [2.75, 3.05) is 18.1 Å². The molecule has 4 nitrogen and oxygen atoms in total. The minimum atomic E-state index is -0.0119. The lowest BCUT2D eigenvalue weighted by molar-refractivity contribution is 0.0986. The highest BCUT2D eigenvalue weighted by atomic mass is 16.3. The van der Waals surface area contributed by atoms with Crippen LogP contribution in [-0.4, -0.2) is 29.1 Å². The number of benzene rings is 1. The molecule has 2 aromatic rings. The quantitative estimate of drug-likeness (QED) is 0.864. The van der Waals surface area contributed by atoms with Crippen LogP contribution in [-0.2, 0) is 0 Å². The van der Waals surface area contributed by atoms with Gasteiger partial charge < -0.3 is 15.0 Å². The van der Waals surface area contributed by atoms with Crippen LogP contribution in [0.3, 0.4) is 0 Å². The van der Waals surface area contributed by atoms with Gasteiger partial charge in [0.2, 0.25) is 0 Å². The van der Waals surface area contributed by atoms with Crippen LogP contribution in [0.5, 0.6) is 0 Å². The number of carbonyl (C=O) groups excluding carboxylic acids is 1. The van der Waals surface area contributed by atoms with Gasteiger partial charge in [0.05, 0.1) is 12.2 Å². The van der Waals surface area contributed by atoms with Crippen molar-refractivity contribution in [2.24, 2.45) is 0 Å². The molecule has 2 N–H and O–H groups in total. The first-order valence-corrected chi connectivity index (χ1v) is 6.37. The number of para-hydroxylation sites is 1. The van der Waals surface area contributed by atoms with E-state index in [4.69, 9.17) is 0 Å². The van der Waals surface area contributed by atoms with E-state index >= 15 is 0 Å². The second kappa shape index (κ2) is 4.55. The highest BCUT2D eigenvalue weighted by Gasteiger charge is 2.32. The number of aliphatic hydroxyl groups is 1.